The predicted molar refractivity (Wildman–Crippen MR) is 137 cm³/mol. The molecule has 1 aliphatic carbocycles. The highest BCUT2D eigenvalue weighted by Crippen LogP contribution is 2.50. The molecule has 37 heavy (non-hydrogen) atoms. The van der Waals surface area contributed by atoms with Crippen molar-refractivity contribution in [3.8, 4) is 16.8 Å². The molecule has 1 unspecified atom stereocenters. The van der Waals surface area contributed by atoms with E-state index in [9.17, 15) is 14.7 Å². The monoisotopic (exact) mass is 494 g/mol. The normalized spacial score (nSPS) is 21.3. The van der Waals surface area contributed by atoms with Crippen molar-refractivity contribution in [2.24, 2.45) is 0 Å². The summed E-state index contributed by atoms with van der Waals surface area (Å²) in [6.45, 7) is 2.48. The van der Waals surface area contributed by atoms with E-state index in [1.54, 1.807) is 29.4 Å². The Balaban J connectivity index is 1.38. The van der Waals surface area contributed by atoms with Crippen LogP contribution in [0.2, 0.25) is 0 Å². The first-order valence-corrected chi connectivity index (χ1v) is 12.5. The number of para-hydroxylation sites is 1. The van der Waals surface area contributed by atoms with Gasteiger partial charge in [-0.3, -0.25) is 4.57 Å². The quantitative estimate of drug-likeness (QED) is 0.419. The number of hydrogen-bond donors (Lipinski definition) is 2. The molecular weight excluding hydrogens is 466 g/mol. The molecule has 0 bridgehead atoms. The molecule has 2 aliphatic rings. The minimum Gasteiger partial charge on any atom is -0.369 e. The lowest BCUT2D eigenvalue weighted by atomic mass is 9.88. The molecule has 1 fully saturated rings. The van der Waals surface area contributed by atoms with Crippen LogP contribution in [0.1, 0.15) is 36.5 Å². The van der Waals surface area contributed by atoms with Gasteiger partial charge in [-0.25, -0.2) is 9.59 Å². The van der Waals surface area contributed by atoms with Crippen LogP contribution in [-0.4, -0.2) is 48.9 Å². The van der Waals surface area contributed by atoms with Crippen molar-refractivity contribution in [2.75, 3.05) is 6.54 Å². The lowest BCUT2D eigenvalue weighted by Crippen LogP contribution is -2.67. The van der Waals surface area contributed by atoms with Gasteiger partial charge in [0.1, 0.15) is 18.7 Å². The summed E-state index contributed by atoms with van der Waals surface area (Å²) in [4.78, 5) is 28.6. The lowest BCUT2D eigenvalue weighted by Gasteiger charge is -2.38. The van der Waals surface area contributed by atoms with Gasteiger partial charge in [0.15, 0.2) is 0 Å². The Morgan fingerprint density at radius 3 is 2.19 bits per heavy atom. The summed E-state index contributed by atoms with van der Waals surface area (Å²) in [5, 5.41) is 23.0. The SMILES string of the molecule is C[C@@H]1CCC[N+]1(C(=O)NCc1ccccc1-n1cnnc1)C(=O)C1(O)c2ccccc2-c2ccccc21. The van der Waals surface area contributed by atoms with Gasteiger partial charge in [0, 0.05) is 24.0 Å². The van der Waals surface area contributed by atoms with Gasteiger partial charge in [0.25, 0.3) is 0 Å². The highest BCUT2D eigenvalue weighted by molar-refractivity contribution is 5.99. The Hall–Kier alpha value is -4.14. The summed E-state index contributed by atoms with van der Waals surface area (Å²) >= 11 is 0. The van der Waals surface area contributed by atoms with E-state index >= 15 is 0 Å². The number of quaternary nitrogens is 1. The number of aromatic nitrogens is 3. The molecule has 1 aliphatic heterocycles. The van der Waals surface area contributed by atoms with Crippen LogP contribution >= 0.6 is 0 Å². The number of amides is 3. The zero-order valence-corrected chi connectivity index (χ0v) is 20.5. The number of imide groups is 1. The molecule has 8 nitrogen and oxygen atoms in total. The molecule has 2 heterocycles. The first kappa shape index (κ1) is 23.3. The van der Waals surface area contributed by atoms with E-state index in [1.807, 2.05) is 67.6 Å². The molecule has 1 aromatic heterocycles. The largest absolute Gasteiger partial charge is 0.424 e. The van der Waals surface area contributed by atoms with Crippen molar-refractivity contribution in [3.05, 3.63) is 102 Å². The number of nitrogens with zero attached hydrogens (tertiary/aromatic N) is 4. The number of benzene rings is 3. The molecule has 4 aromatic rings. The number of nitrogens with one attached hydrogen (secondary N) is 1. The molecule has 8 heteroatoms. The van der Waals surface area contributed by atoms with Crippen molar-refractivity contribution in [1.82, 2.24) is 20.1 Å². The lowest BCUT2D eigenvalue weighted by molar-refractivity contribution is -0.788. The number of urea groups is 1. The van der Waals surface area contributed by atoms with Crippen molar-refractivity contribution < 1.29 is 19.2 Å². The molecule has 3 aromatic carbocycles. The Morgan fingerprint density at radius 1 is 0.973 bits per heavy atom. The fourth-order valence-electron chi connectivity index (χ4n) is 6.05. The Kier molecular flexibility index (Phi) is 5.51. The number of carbonyl (C=O) groups excluding carboxylic acids is 2. The maximum atomic E-state index is 14.6. The van der Waals surface area contributed by atoms with E-state index in [4.69, 9.17) is 0 Å². The van der Waals surface area contributed by atoms with Crippen LogP contribution < -0.4 is 5.32 Å². The molecule has 0 spiro atoms. The van der Waals surface area contributed by atoms with Crippen LogP contribution in [-0.2, 0) is 16.9 Å². The molecule has 3 amide bonds. The van der Waals surface area contributed by atoms with Gasteiger partial charge in [-0.2, -0.15) is 4.48 Å². The van der Waals surface area contributed by atoms with Crippen LogP contribution in [0.3, 0.4) is 0 Å². The van der Waals surface area contributed by atoms with Crippen LogP contribution in [0.25, 0.3) is 16.8 Å². The third kappa shape index (κ3) is 3.37. The van der Waals surface area contributed by atoms with E-state index in [-0.39, 0.29) is 12.6 Å². The second kappa shape index (κ2) is 8.76. The summed E-state index contributed by atoms with van der Waals surface area (Å²) < 4.78 is 1.33. The fraction of sp³-hybridized carbons (Fsp3) is 0.241. The highest BCUT2D eigenvalue weighted by atomic mass is 16.3. The standard InChI is InChI=1S/C29H27N5O3/c1-20-9-8-16-34(20,28(36)30-17-21-10-2-7-15-26(21)33-18-31-32-19-33)27(35)29(37)24-13-5-3-11-22(24)23-12-4-6-14-25(23)29/h2-7,10-15,18-20,37H,8-9,16-17H2,1H3/p+1/t20-,34?/m1/s1. The average molecular weight is 495 g/mol. The number of aliphatic hydroxyl groups is 1. The molecule has 1 saturated heterocycles. The molecule has 2 N–H and O–H groups in total. The van der Waals surface area contributed by atoms with E-state index in [0.29, 0.717) is 17.7 Å². The van der Waals surface area contributed by atoms with Crippen LogP contribution in [0.15, 0.2) is 85.5 Å². The predicted octanol–water partition coefficient (Wildman–Crippen LogP) is 3.92. The van der Waals surface area contributed by atoms with E-state index < -0.39 is 22.0 Å². The number of likely N-dealkylation sites (tertiary alicyclic amines) is 1. The number of rotatable bonds is 4. The van der Waals surface area contributed by atoms with Gasteiger partial charge in [-0.1, -0.05) is 66.7 Å². The third-order valence-electron chi connectivity index (χ3n) is 7.96. The highest BCUT2D eigenvalue weighted by Gasteiger charge is 2.63. The molecule has 0 radical (unpaired) electrons. The zero-order chi connectivity index (χ0) is 25.6. The maximum absolute atomic E-state index is 14.6. The van der Waals surface area contributed by atoms with Gasteiger partial charge in [-0.15, -0.1) is 10.2 Å². The average Bonchev–Trinajstić information content (AvgIpc) is 3.66. The first-order valence-electron chi connectivity index (χ1n) is 12.5. The van der Waals surface area contributed by atoms with Crippen molar-refractivity contribution in [1.29, 1.82) is 0 Å². The third-order valence-corrected chi connectivity index (χ3v) is 7.96. The van der Waals surface area contributed by atoms with Crippen molar-refractivity contribution in [3.63, 3.8) is 0 Å². The fourth-order valence-corrected chi connectivity index (χ4v) is 6.05. The zero-order valence-electron chi connectivity index (χ0n) is 20.5. The van der Waals surface area contributed by atoms with Gasteiger partial charge in [-0.05, 0) is 29.7 Å². The van der Waals surface area contributed by atoms with E-state index in [1.165, 1.54) is 0 Å². The summed E-state index contributed by atoms with van der Waals surface area (Å²) in [6, 6.07) is 21.8. The van der Waals surface area contributed by atoms with Crippen LogP contribution in [0.4, 0.5) is 4.79 Å². The molecular formula is C29H28N5O3+. The van der Waals surface area contributed by atoms with Gasteiger partial charge in [0.05, 0.1) is 18.8 Å². The molecule has 6 rings (SSSR count). The molecule has 2 atom stereocenters. The maximum Gasteiger partial charge on any atom is 0.424 e. The van der Waals surface area contributed by atoms with Crippen molar-refractivity contribution >= 4 is 11.9 Å². The van der Waals surface area contributed by atoms with Gasteiger partial charge < -0.3 is 10.4 Å². The second-order valence-electron chi connectivity index (χ2n) is 9.85. The summed E-state index contributed by atoms with van der Waals surface area (Å²) in [6.07, 6.45) is 4.64. The summed E-state index contributed by atoms with van der Waals surface area (Å²) in [5.41, 5.74) is 2.50. The first-order chi connectivity index (χ1) is 18.0. The smallest absolute Gasteiger partial charge is 0.369 e. The van der Waals surface area contributed by atoms with Crippen LogP contribution in [0, 0.1) is 0 Å². The summed E-state index contributed by atoms with van der Waals surface area (Å²) in [7, 11) is 0. The Labute approximate surface area is 214 Å². The van der Waals surface area contributed by atoms with E-state index in [0.717, 1.165) is 35.2 Å². The molecule has 0 saturated carbocycles. The second-order valence-corrected chi connectivity index (χ2v) is 9.85. The topological polar surface area (TPSA) is 97.1 Å². The minimum absolute atomic E-state index is 0.221. The minimum atomic E-state index is -1.91. The Bertz CT molecular complexity index is 1450. The molecule has 186 valence electrons. The van der Waals surface area contributed by atoms with Crippen molar-refractivity contribution in [2.45, 2.75) is 38.0 Å². The van der Waals surface area contributed by atoms with E-state index in [2.05, 4.69) is 15.5 Å². The van der Waals surface area contributed by atoms with Crippen LogP contribution in [0.5, 0.6) is 0 Å². The van der Waals surface area contributed by atoms with Gasteiger partial charge in [0.2, 0.25) is 5.60 Å². The van der Waals surface area contributed by atoms with Gasteiger partial charge >= 0.3 is 11.9 Å². The summed E-state index contributed by atoms with van der Waals surface area (Å²) in [5.74, 6) is -0.500. The Morgan fingerprint density at radius 2 is 1.57 bits per heavy atom. The number of hydrogen-bond acceptors (Lipinski definition) is 5. The number of carbonyl (C=O) groups is 2. The number of fused-ring (bicyclic) bond motifs is 3.